The summed E-state index contributed by atoms with van der Waals surface area (Å²) in [5.41, 5.74) is 0.901. The molecule has 1 aromatic heterocycles. The van der Waals surface area contributed by atoms with Gasteiger partial charge in [0.25, 0.3) is 0 Å². The first-order valence-electron chi connectivity index (χ1n) is 2.65. The van der Waals surface area contributed by atoms with E-state index in [1.165, 1.54) is 0 Å². The highest BCUT2D eigenvalue weighted by atomic mass is 127. The maximum absolute atomic E-state index is 3.92. The van der Waals surface area contributed by atoms with Crippen molar-refractivity contribution in [3.63, 3.8) is 0 Å². The van der Waals surface area contributed by atoms with Crippen molar-refractivity contribution in [3.05, 3.63) is 22.0 Å². The summed E-state index contributed by atoms with van der Waals surface area (Å²) in [5, 5.41) is 10.2. The predicted octanol–water partition coefficient (Wildman–Crippen LogP) is 2.78. The lowest BCUT2D eigenvalue weighted by atomic mass is 10.3. The van der Waals surface area contributed by atoms with Crippen LogP contribution in [-0.4, -0.2) is 15.4 Å². The number of allylic oxidation sites excluding steroid dienone is 1. The first-order chi connectivity index (χ1) is 5.05. The zero-order chi connectivity index (χ0) is 8.48. The van der Waals surface area contributed by atoms with Gasteiger partial charge in [0, 0.05) is 9.78 Å². The van der Waals surface area contributed by atoms with Gasteiger partial charge in [-0.05, 0) is 22.6 Å². The van der Waals surface area contributed by atoms with Crippen molar-refractivity contribution >= 4 is 67.8 Å². The van der Waals surface area contributed by atoms with Gasteiger partial charge in [-0.1, -0.05) is 57.0 Å². The summed E-state index contributed by atoms with van der Waals surface area (Å²) in [6.45, 7) is 3.87. The number of nitrogens with one attached hydrogen (secondary N) is 1. The Balaban J connectivity index is 3.00. The Morgan fingerprint density at radius 2 is 2.27 bits per heavy atom. The summed E-state index contributed by atoms with van der Waals surface area (Å²) in [7, 11) is 0. The van der Waals surface area contributed by atoms with E-state index in [-0.39, 0.29) is 1.43 Å². The second-order valence-corrected chi connectivity index (χ2v) is 8.44. The van der Waals surface area contributed by atoms with E-state index in [2.05, 4.69) is 89.8 Å². The molecule has 0 radical (unpaired) electrons. The fourth-order valence-corrected chi connectivity index (χ4v) is 1.30. The van der Waals surface area contributed by atoms with Crippen LogP contribution in [0.5, 0.6) is 0 Å². The van der Waals surface area contributed by atoms with Crippen LogP contribution in [0.2, 0.25) is 0 Å². The Kier molecular flexibility index (Phi) is 3.56. The van der Waals surface area contributed by atoms with E-state index in [9.17, 15) is 0 Å². The molecule has 0 aliphatic heterocycles. The predicted molar refractivity (Wildman–Crippen MR) is 69.3 cm³/mol. The third-order valence-electron chi connectivity index (χ3n) is 1.08. The van der Waals surface area contributed by atoms with Crippen LogP contribution in [0, 0.1) is 0 Å². The Hall–Kier alpha value is 1.07. The number of hydrogen-bond donors (Lipinski definition) is 1. The van der Waals surface area contributed by atoms with Crippen LogP contribution >= 0.6 is 67.8 Å². The molecule has 0 bridgehead atoms. The molecule has 0 saturated heterocycles. The number of aromatic amines is 1. The zero-order valence-electron chi connectivity index (χ0n) is 5.31. The van der Waals surface area contributed by atoms with Gasteiger partial charge in [0.15, 0.2) is 0 Å². The van der Waals surface area contributed by atoms with Gasteiger partial charge >= 0.3 is 0 Å². The van der Waals surface area contributed by atoms with Gasteiger partial charge in [-0.3, -0.25) is 5.10 Å². The number of aromatic nitrogens is 3. The van der Waals surface area contributed by atoms with Gasteiger partial charge in [0.2, 0.25) is 0 Å². The van der Waals surface area contributed by atoms with Crippen molar-refractivity contribution in [3.8, 4) is 0 Å². The summed E-state index contributed by atoms with van der Waals surface area (Å²) < 4.78 is 0.883. The average molecular weight is 487 g/mol. The Labute approximate surface area is 105 Å². The van der Waals surface area contributed by atoms with Gasteiger partial charge < -0.3 is 0 Å². The molecule has 6 heteroatoms. The number of alkyl halides is 2. The number of rotatable bonds is 2. The van der Waals surface area contributed by atoms with E-state index in [0.29, 0.717) is 0 Å². The summed E-state index contributed by atoms with van der Waals surface area (Å²) in [6.07, 6.45) is 1.78. The molecule has 1 heterocycles. The van der Waals surface area contributed by atoms with Gasteiger partial charge in [0.05, 0.1) is 0 Å². The molecule has 1 aromatic rings. The Morgan fingerprint density at radius 3 is 2.64 bits per heavy atom. The fourth-order valence-electron chi connectivity index (χ4n) is 0.494. The molecular formula is C5H4I3N3. The van der Waals surface area contributed by atoms with Gasteiger partial charge in [-0.2, -0.15) is 0 Å². The van der Waals surface area contributed by atoms with Crippen LogP contribution in [0.25, 0.3) is 0 Å². The van der Waals surface area contributed by atoms with Crippen molar-refractivity contribution in [1.82, 2.24) is 15.4 Å². The van der Waals surface area contributed by atoms with Crippen molar-refractivity contribution in [2.75, 3.05) is 0 Å². The molecule has 0 fully saturated rings. The molecule has 1 N–H and O–H groups in total. The molecule has 0 saturated carbocycles. The number of H-pyrrole nitrogens is 1. The SMILES string of the molecule is C=C(I)C(I)(I)c1c[nH]nn1. The quantitative estimate of drug-likeness (QED) is 0.516. The molecule has 0 aliphatic carbocycles. The maximum Gasteiger partial charge on any atom is 0.148 e. The number of halogens is 3. The molecule has 0 aliphatic rings. The highest BCUT2D eigenvalue weighted by Crippen LogP contribution is 2.46. The Morgan fingerprint density at radius 1 is 1.64 bits per heavy atom. The van der Waals surface area contributed by atoms with Gasteiger partial charge in [0.1, 0.15) is 7.12 Å². The molecule has 0 unspecified atom stereocenters. The average Bonchev–Trinajstić information content (AvgIpc) is 2.37. The number of nitrogens with zero attached hydrogens (tertiary/aromatic N) is 2. The molecule has 0 atom stereocenters. The number of hydrogen-bond acceptors (Lipinski definition) is 2. The summed E-state index contributed by atoms with van der Waals surface area (Å²) in [4.78, 5) is 0. The van der Waals surface area contributed by atoms with E-state index in [1.807, 2.05) is 0 Å². The minimum Gasteiger partial charge on any atom is -0.265 e. The van der Waals surface area contributed by atoms with Crippen LogP contribution < -0.4 is 0 Å². The van der Waals surface area contributed by atoms with E-state index in [4.69, 9.17) is 0 Å². The third kappa shape index (κ3) is 2.26. The lowest BCUT2D eigenvalue weighted by molar-refractivity contribution is 0.916. The zero-order valence-corrected chi connectivity index (χ0v) is 11.8. The normalized spacial score (nSPS) is 11.5. The van der Waals surface area contributed by atoms with Crippen LogP contribution in [0.3, 0.4) is 0 Å². The Bertz CT molecular complexity index is 254. The molecule has 0 aromatic carbocycles. The molecule has 0 amide bonds. The van der Waals surface area contributed by atoms with Crippen LogP contribution in [0.15, 0.2) is 16.4 Å². The largest absolute Gasteiger partial charge is 0.265 e. The summed E-state index contributed by atoms with van der Waals surface area (Å²) in [5.74, 6) is 0. The minimum absolute atomic E-state index is 0.150. The fraction of sp³-hybridized carbons (Fsp3) is 0.200. The van der Waals surface area contributed by atoms with Crippen LogP contribution in [0.1, 0.15) is 5.69 Å². The highest BCUT2D eigenvalue weighted by Gasteiger charge is 2.29. The van der Waals surface area contributed by atoms with Crippen LogP contribution in [0.4, 0.5) is 0 Å². The molecule has 1 rings (SSSR count). The summed E-state index contributed by atoms with van der Waals surface area (Å²) >= 11 is 6.77. The maximum atomic E-state index is 3.92. The summed E-state index contributed by atoms with van der Waals surface area (Å²) in [6, 6.07) is 0. The molecule has 11 heavy (non-hydrogen) atoms. The van der Waals surface area contributed by atoms with E-state index < -0.39 is 0 Å². The standard InChI is InChI=1S/C5H4I3N3/c1-3(6)5(7,8)4-2-9-11-10-4/h2H,1H2,(H,9,10,11). The van der Waals surface area contributed by atoms with Crippen molar-refractivity contribution in [2.24, 2.45) is 0 Å². The second kappa shape index (κ2) is 3.85. The molecule has 3 nitrogen and oxygen atoms in total. The minimum atomic E-state index is -0.150. The van der Waals surface area contributed by atoms with E-state index in [0.717, 1.165) is 9.27 Å². The van der Waals surface area contributed by atoms with Gasteiger partial charge in [-0.15, -0.1) is 5.10 Å². The van der Waals surface area contributed by atoms with Crippen molar-refractivity contribution < 1.29 is 0 Å². The second-order valence-electron chi connectivity index (χ2n) is 1.84. The lowest BCUT2D eigenvalue weighted by Gasteiger charge is -2.15. The lowest BCUT2D eigenvalue weighted by Crippen LogP contribution is -2.07. The van der Waals surface area contributed by atoms with Crippen molar-refractivity contribution in [2.45, 2.75) is 1.43 Å². The third-order valence-corrected chi connectivity index (χ3v) is 6.36. The van der Waals surface area contributed by atoms with Crippen LogP contribution in [-0.2, 0) is 1.43 Å². The topological polar surface area (TPSA) is 41.6 Å². The first kappa shape index (κ1) is 10.2. The smallest absolute Gasteiger partial charge is 0.148 e. The molecular weight excluding hydrogens is 483 g/mol. The highest BCUT2D eigenvalue weighted by molar-refractivity contribution is 14.2. The van der Waals surface area contributed by atoms with E-state index in [1.54, 1.807) is 6.20 Å². The monoisotopic (exact) mass is 487 g/mol. The first-order valence-corrected chi connectivity index (χ1v) is 5.88. The van der Waals surface area contributed by atoms with Gasteiger partial charge in [-0.25, -0.2) is 0 Å². The van der Waals surface area contributed by atoms with Crippen molar-refractivity contribution in [1.29, 1.82) is 0 Å². The molecule has 60 valence electrons. The van der Waals surface area contributed by atoms with E-state index >= 15 is 0 Å². The molecule has 0 spiro atoms.